The second-order valence-corrected chi connectivity index (χ2v) is 6.94. The molecule has 0 aliphatic carbocycles. The third-order valence-electron chi connectivity index (χ3n) is 4.84. The molecule has 0 spiro atoms. The summed E-state index contributed by atoms with van der Waals surface area (Å²) in [5, 5.41) is 4.02. The average Bonchev–Trinajstić information content (AvgIpc) is 2.79. The zero-order valence-electron chi connectivity index (χ0n) is 17.7. The highest BCUT2D eigenvalue weighted by Crippen LogP contribution is 2.21. The van der Waals surface area contributed by atoms with Gasteiger partial charge in [0.2, 0.25) is 0 Å². The van der Waals surface area contributed by atoms with E-state index in [2.05, 4.69) is 37.2 Å². The molecule has 1 fully saturated rings. The number of nitrogens with one attached hydrogen (secondary N) is 1. The van der Waals surface area contributed by atoms with E-state index in [0.717, 1.165) is 44.7 Å². The first-order valence-electron chi connectivity index (χ1n) is 9.98. The zero-order chi connectivity index (χ0) is 21.3. The Bertz CT molecular complexity index is 859. The van der Waals surface area contributed by atoms with Crippen LogP contribution in [0.25, 0.3) is 0 Å². The Morgan fingerprint density at radius 2 is 1.83 bits per heavy atom. The Hall–Kier alpha value is -3.20. The van der Waals surface area contributed by atoms with Crippen LogP contribution in [-0.2, 0) is 0 Å². The number of carbonyl (C=O) groups is 1. The van der Waals surface area contributed by atoms with Gasteiger partial charge in [-0.25, -0.2) is 10.4 Å². The summed E-state index contributed by atoms with van der Waals surface area (Å²) in [6.45, 7) is 7.01. The molecule has 9 heteroatoms. The minimum Gasteiger partial charge on any atom is -0.497 e. The summed E-state index contributed by atoms with van der Waals surface area (Å²) in [6.07, 6.45) is 5.81. The van der Waals surface area contributed by atoms with Gasteiger partial charge in [-0.1, -0.05) is 6.92 Å². The Balaban J connectivity index is 1.61. The molecular formula is C21H28N6O3. The molecule has 1 aromatic heterocycles. The fourth-order valence-electron chi connectivity index (χ4n) is 3.26. The van der Waals surface area contributed by atoms with Gasteiger partial charge in [0.05, 0.1) is 32.8 Å². The first kappa shape index (κ1) is 21.5. The standard InChI is InChI=1S/C21H28N6O3/c1-4-5-26-6-8-27(9-7-26)20-15-22-14-19(24-20)21(28)25-23-13-16-10-17(29-2)12-18(11-16)30-3/h10-15H,4-9H2,1-3H3,(H,25,28)/b23-13+. The third-order valence-corrected chi connectivity index (χ3v) is 4.84. The number of ether oxygens (including phenoxy) is 2. The number of methoxy groups -OCH3 is 2. The number of carbonyl (C=O) groups excluding carboxylic acids is 1. The molecule has 2 aromatic rings. The van der Waals surface area contributed by atoms with Gasteiger partial charge in [0.15, 0.2) is 5.69 Å². The number of hydrogen-bond donors (Lipinski definition) is 1. The smallest absolute Gasteiger partial charge is 0.291 e. The molecule has 0 saturated carbocycles. The highest BCUT2D eigenvalue weighted by atomic mass is 16.5. The molecule has 160 valence electrons. The molecule has 0 bridgehead atoms. The second kappa shape index (κ2) is 10.5. The highest BCUT2D eigenvalue weighted by Gasteiger charge is 2.18. The number of rotatable bonds is 8. The predicted octanol–water partition coefficient (Wildman–Crippen LogP) is 1.79. The normalized spacial score (nSPS) is 14.7. The van der Waals surface area contributed by atoms with Gasteiger partial charge >= 0.3 is 0 Å². The van der Waals surface area contributed by atoms with Gasteiger partial charge in [0, 0.05) is 37.8 Å². The molecule has 1 aliphatic rings. The Morgan fingerprint density at radius 1 is 1.13 bits per heavy atom. The largest absolute Gasteiger partial charge is 0.497 e. The number of piperazine rings is 1. The van der Waals surface area contributed by atoms with Gasteiger partial charge in [-0.05, 0) is 25.1 Å². The van der Waals surface area contributed by atoms with Gasteiger partial charge in [-0.3, -0.25) is 14.7 Å². The summed E-state index contributed by atoms with van der Waals surface area (Å²) in [6, 6.07) is 5.34. The molecule has 2 heterocycles. The summed E-state index contributed by atoms with van der Waals surface area (Å²) in [5.74, 6) is 1.57. The monoisotopic (exact) mass is 412 g/mol. The van der Waals surface area contributed by atoms with Crippen molar-refractivity contribution < 1.29 is 14.3 Å². The van der Waals surface area contributed by atoms with Crippen molar-refractivity contribution in [3.05, 3.63) is 41.9 Å². The number of anilines is 1. The van der Waals surface area contributed by atoms with Crippen LogP contribution >= 0.6 is 0 Å². The Morgan fingerprint density at radius 3 is 2.47 bits per heavy atom. The molecule has 1 saturated heterocycles. The quantitative estimate of drug-likeness (QED) is 0.522. The molecule has 0 radical (unpaired) electrons. The van der Waals surface area contributed by atoms with Crippen LogP contribution in [0, 0.1) is 0 Å². The van der Waals surface area contributed by atoms with Crippen LogP contribution in [0.1, 0.15) is 29.4 Å². The fourth-order valence-corrected chi connectivity index (χ4v) is 3.26. The molecule has 1 aromatic carbocycles. The maximum absolute atomic E-state index is 12.4. The molecule has 1 N–H and O–H groups in total. The minimum atomic E-state index is -0.417. The van der Waals surface area contributed by atoms with Crippen molar-refractivity contribution in [3.63, 3.8) is 0 Å². The number of aromatic nitrogens is 2. The van der Waals surface area contributed by atoms with E-state index in [1.165, 1.54) is 12.4 Å². The van der Waals surface area contributed by atoms with Crippen LogP contribution in [0.15, 0.2) is 35.7 Å². The lowest BCUT2D eigenvalue weighted by Crippen LogP contribution is -2.47. The Kier molecular flexibility index (Phi) is 7.56. The summed E-state index contributed by atoms with van der Waals surface area (Å²) in [5.41, 5.74) is 3.45. The van der Waals surface area contributed by atoms with Crippen molar-refractivity contribution >= 4 is 17.9 Å². The van der Waals surface area contributed by atoms with Crippen molar-refractivity contribution in [2.24, 2.45) is 5.10 Å². The van der Waals surface area contributed by atoms with Gasteiger partial charge in [0.25, 0.3) is 5.91 Å². The zero-order valence-corrected chi connectivity index (χ0v) is 17.7. The fraction of sp³-hybridized carbons (Fsp3) is 0.429. The summed E-state index contributed by atoms with van der Waals surface area (Å²) in [4.78, 5) is 25.7. The lowest BCUT2D eigenvalue weighted by molar-refractivity contribution is 0.0950. The van der Waals surface area contributed by atoms with E-state index < -0.39 is 5.91 Å². The van der Waals surface area contributed by atoms with E-state index in [4.69, 9.17) is 9.47 Å². The number of benzene rings is 1. The predicted molar refractivity (Wildman–Crippen MR) is 116 cm³/mol. The maximum atomic E-state index is 12.4. The van der Waals surface area contributed by atoms with Crippen LogP contribution in [0.2, 0.25) is 0 Å². The number of hydrazone groups is 1. The van der Waals surface area contributed by atoms with Crippen LogP contribution < -0.4 is 19.8 Å². The molecule has 1 aliphatic heterocycles. The van der Waals surface area contributed by atoms with Crippen LogP contribution in [-0.4, -0.2) is 73.9 Å². The third kappa shape index (κ3) is 5.66. The lowest BCUT2D eigenvalue weighted by atomic mass is 10.2. The molecule has 9 nitrogen and oxygen atoms in total. The van der Waals surface area contributed by atoms with Gasteiger partial charge in [0.1, 0.15) is 17.3 Å². The number of hydrogen-bond acceptors (Lipinski definition) is 8. The molecular weight excluding hydrogens is 384 g/mol. The molecule has 30 heavy (non-hydrogen) atoms. The number of nitrogens with zero attached hydrogens (tertiary/aromatic N) is 5. The molecule has 0 atom stereocenters. The van der Waals surface area contributed by atoms with E-state index >= 15 is 0 Å². The molecule has 0 unspecified atom stereocenters. The first-order valence-corrected chi connectivity index (χ1v) is 9.98. The summed E-state index contributed by atoms with van der Waals surface area (Å²) >= 11 is 0. The summed E-state index contributed by atoms with van der Waals surface area (Å²) < 4.78 is 10.5. The van der Waals surface area contributed by atoms with E-state index in [9.17, 15) is 4.79 Å². The van der Waals surface area contributed by atoms with Crippen LogP contribution in [0.3, 0.4) is 0 Å². The SMILES string of the molecule is CCCN1CCN(c2cncc(C(=O)N/N=C/c3cc(OC)cc(OC)c3)n2)CC1. The average molecular weight is 412 g/mol. The highest BCUT2D eigenvalue weighted by molar-refractivity contribution is 5.93. The minimum absolute atomic E-state index is 0.226. The van der Waals surface area contributed by atoms with E-state index in [0.29, 0.717) is 17.3 Å². The van der Waals surface area contributed by atoms with E-state index in [1.54, 1.807) is 38.6 Å². The second-order valence-electron chi connectivity index (χ2n) is 6.94. The Labute approximate surface area is 176 Å². The van der Waals surface area contributed by atoms with Gasteiger partial charge in [-0.15, -0.1) is 0 Å². The number of amides is 1. The van der Waals surface area contributed by atoms with Crippen molar-refractivity contribution in [2.75, 3.05) is 51.8 Å². The van der Waals surface area contributed by atoms with Crippen molar-refractivity contribution in [3.8, 4) is 11.5 Å². The maximum Gasteiger partial charge on any atom is 0.291 e. The summed E-state index contributed by atoms with van der Waals surface area (Å²) in [7, 11) is 3.15. The lowest BCUT2D eigenvalue weighted by Gasteiger charge is -2.35. The van der Waals surface area contributed by atoms with Crippen LogP contribution in [0.5, 0.6) is 11.5 Å². The van der Waals surface area contributed by atoms with E-state index in [-0.39, 0.29) is 5.69 Å². The van der Waals surface area contributed by atoms with Gasteiger partial charge < -0.3 is 14.4 Å². The molecule has 3 rings (SSSR count). The van der Waals surface area contributed by atoms with Gasteiger partial charge in [-0.2, -0.15) is 5.10 Å². The topological polar surface area (TPSA) is 92.2 Å². The van der Waals surface area contributed by atoms with Crippen molar-refractivity contribution in [2.45, 2.75) is 13.3 Å². The van der Waals surface area contributed by atoms with Crippen LogP contribution in [0.4, 0.5) is 5.82 Å². The first-order chi connectivity index (χ1) is 14.6. The molecule has 1 amide bonds. The van der Waals surface area contributed by atoms with Crippen molar-refractivity contribution in [1.82, 2.24) is 20.3 Å². The van der Waals surface area contributed by atoms with Crippen molar-refractivity contribution in [1.29, 1.82) is 0 Å². The van der Waals surface area contributed by atoms with E-state index in [1.807, 2.05) is 0 Å².